The fraction of sp³-hybridized carbons (Fsp3) is 0.269. The van der Waals surface area contributed by atoms with E-state index in [9.17, 15) is 4.79 Å². The molecule has 0 bridgehead atoms. The first-order valence-electron chi connectivity index (χ1n) is 10.6. The van der Waals surface area contributed by atoms with Crippen LogP contribution in [0.15, 0.2) is 54.6 Å². The molecule has 152 valence electrons. The van der Waals surface area contributed by atoms with Crippen molar-refractivity contribution in [2.75, 3.05) is 0 Å². The third-order valence-electron chi connectivity index (χ3n) is 5.60. The Labute approximate surface area is 176 Å². The van der Waals surface area contributed by atoms with Crippen molar-refractivity contribution in [2.24, 2.45) is 0 Å². The van der Waals surface area contributed by atoms with Gasteiger partial charge in [0, 0.05) is 28.5 Å². The van der Waals surface area contributed by atoms with Gasteiger partial charge in [-0.1, -0.05) is 55.0 Å². The molecule has 0 fully saturated rings. The van der Waals surface area contributed by atoms with Crippen molar-refractivity contribution in [3.63, 3.8) is 0 Å². The van der Waals surface area contributed by atoms with Crippen molar-refractivity contribution >= 4 is 27.9 Å². The Kier molecular flexibility index (Phi) is 5.75. The van der Waals surface area contributed by atoms with E-state index in [1.807, 2.05) is 18.2 Å². The summed E-state index contributed by atoms with van der Waals surface area (Å²) in [6.45, 7) is 4.20. The number of carboxylic acids is 1. The average molecular weight is 399 g/mol. The molecule has 0 atom stereocenters. The smallest absolute Gasteiger partial charge is 0.303 e. The van der Waals surface area contributed by atoms with Crippen molar-refractivity contribution in [2.45, 2.75) is 46.0 Å². The first kappa shape index (κ1) is 20.0. The van der Waals surface area contributed by atoms with Gasteiger partial charge in [0.25, 0.3) is 0 Å². The summed E-state index contributed by atoms with van der Waals surface area (Å²) in [5, 5.41) is 11.1. The molecule has 2 heterocycles. The van der Waals surface area contributed by atoms with Crippen LogP contribution in [-0.4, -0.2) is 21.0 Å². The van der Waals surface area contributed by atoms with Gasteiger partial charge in [-0.3, -0.25) is 4.79 Å². The minimum Gasteiger partial charge on any atom is -0.481 e. The SMILES string of the molecule is CCc1nc2nc3ccccc3c(-c3ccc(C)cc3)c2cc1CCCCC(=O)O. The molecule has 4 rings (SSSR count). The second-order valence-corrected chi connectivity index (χ2v) is 7.79. The highest BCUT2D eigenvalue weighted by Crippen LogP contribution is 2.35. The maximum absolute atomic E-state index is 10.8. The first-order valence-corrected chi connectivity index (χ1v) is 10.6. The largest absolute Gasteiger partial charge is 0.481 e. The van der Waals surface area contributed by atoms with Crippen LogP contribution in [0.25, 0.3) is 33.1 Å². The minimum atomic E-state index is -0.736. The van der Waals surface area contributed by atoms with Gasteiger partial charge in [0.15, 0.2) is 5.65 Å². The minimum absolute atomic E-state index is 0.212. The van der Waals surface area contributed by atoms with E-state index < -0.39 is 5.97 Å². The van der Waals surface area contributed by atoms with E-state index in [0.717, 1.165) is 58.0 Å². The molecule has 2 aromatic carbocycles. The molecule has 4 heteroatoms. The Hall–Kier alpha value is -3.27. The molecule has 0 aliphatic carbocycles. The molecule has 0 spiro atoms. The van der Waals surface area contributed by atoms with Gasteiger partial charge in [-0.25, -0.2) is 9.97 Å². The number of nitrogens with zero attached hydrogens (tertiary/aromatic N) is 2. The van der Waals surface area contributed by atoms with Crippen LogP contribution in [0.1, 0.15) is 43.0 Å². The van der Waals surface area contributed by atoms with Gasteiger partial charge in [-0.15, -0.1) is 0 Å². The van der Waals surface area contributed by atoms with Gasteiger partial charge in [-0.05, 0) is 55.9 Å². The number of carbonyl (C=O) groups is 1. The first-order chi connectivity index (χ1) is 14.6. The zero-order valence-electron chi connectivity index (χ0n) is 17.5. The Bertz CT molecular complexity index is 1210. The molecule has 30 heavy (non-hydrogen) atoms. The summed E-state index contributed by atoms with van der Waals surface area (Å²) in [4.78, 5) is 20.6. The number of carboxylic acid groups (broad SMARTS) is 1. The summed E-state index contributed by atoms with van der Waals surface area (Å²) in [6.07, 6.45) is 3.39. The van der Waals surface area contributed by atoms with Crippen LogP contribution in [0, 0.1) is 6.92 Å². The molecule has 0 unspecified atom stereocenters. The van der Waals surface area contributed by atoms with Crippen molar-refractivity contribution in [3.8, 4) is 11.1 Å². The third-order valence-corrected chi connectivity index (χ3v) is 5.60. The van der Waals surface area contributed by atoms with Gasteiger partial charge in [0.05, 0.1) is 5.52 Å². The van der Waals surface area contributed by atoms with Crippen molar-refractivity contribution in [1.82, 2.24) is 9.97 Å². The lowest BCUT2D eigenvalue weighted by atomic mass is 9.94. The Morgan fingerprint density at radius 3 is 2.47 bits per heavy atom. The van der Waals surface area contributed by atoms with E-state index in [1.54, 1.807) is 0 Å². The number of unbranched alkanes of at least 4 members (excludes halogenated alkanes) is 1. The maximum atomic E-state index is 10.8. The summed E-state index contributed by atoms with van der Waals surface area (Å²) >= 11 is 0. The molecule has 4 aromatic rings. The highest BCUT2D eigenvalue weighted by molar-refractivity contribution is 6.08. The number of aromatic nitrogens is 2. The number of benzene rings is 2. The van der Waals surface area contributed by atoms with Gasteiger partial charge in [0.2, 0.25) is 0 Å². The molecule has 0 saturated heterocycles. The van der Waals surface area contributed by atoms with E-state index in [4.69, 9.17) is 15.1 Å². The lowest BCUT2D eigenvalue weighted by Crippen LogP contribution is -2.02. The highest BCUT2D eigenvalue weighted by Gasteiger charge is 2.15. The van der Waals surface area contributed by atoms with Gasteiger partial charge >= 0.3 is 5.97 Å². The molecule has 1 N–H and O–H groups in total. The fourth-order valence-corrected chi connectivity index (χ4v) is 4.04. The van der Waals surface area contributed by atoms with Crippen molar-refractivity contribution in [3.05, 3.63) is 71.4 Å². The predicted octanol–water partition coefficient (Wildman–Crippen LogP) is 6.12. The lowest BCUT2D eigenvalue weighted by Gasteiger charge is -2.15. The summed E-state index contributed by atoms with van der Waals surface area (Å²) in [5.41, 5.74) is 7.52. The number of pyridine rings is 2. The quantitative estimate of drug-likeness (QED) is 0.301. The summed E-state index contributed by atoms with van der Waals surface area (Å²) in [7, 11) is 0. The molecule has 2 aromatic heterocycles. The van der Waals surface area contributed by atoms with Gasteiger partial charge < -0.3 is 5.11 Å². The molecule has 0 saturated carbocycles. The van der Waals surface area contributed by atoms with Crippen molar-refractivity contribution in [1.29, 1.82) is 0 Å². The van der Waals surface area contributed by atoms with Crippen LogP contribution in [0.5, 0.6) is 0 Å². The molecule has 0 radical (unpaired) electrons. The average Bonchev–Trinajstić information content (AvgIpc) is 2.75. The normalized spacial score (nSPS) is 11.3. The van der Waals surface area contributed by atoms with E-state index in [1.165, 1.54) is 11.1 Å². The second-order valence-electron chi connectivity index (χ2n) is 7.79. The van der Waals surface area contributed by atoms with Crippen molar-refractivity contribution < 1.29 is 9.90 Å². The maximum Gasteiger partial charge on any atom is 0.303 e. The number of para-hydroxylation sites is 1. The Morgan fingerprint density at radius 2 is 1.73 bits per heavy atom. The van der Waals surface area contributed by atoms with Crippen LogP contribution in [-0.2, 0) is 17.6 Å². The zero-order valence-corrected chi connectivity index (χ0v) is 17.5. The van der Waals surface area contributed by atoms with Gasteiger partial charge in [0.1, 0.15) is 0 Å². The number of aryl methyl sites for hydroxylation is 3. The summed E-state index contributed by atoms with van der Waals surface area (Å²) in [5.74, 6) is -0.736. The number of fused-ring (bicyclic) bond motifs is 2. The predicted molar refractivity (Wildman–Crippen MR) is 122 cm³/mol. The van der Waals surface area contributed by atoms with E-state index in [-0.39, 0.29) is 6.42 Å². The van der Waals surface area contributed by atoms with E-state index in [0.29, 0.717) is 6.42 Å². The number of hydrogen-bond acceptors (Lipinski definition) is 3. The van der Waals surface area contributed by atoms with Crippen LogP contribution >= 0.6 is 0 Å². The Balaban J connectivity index is 1.89. The molecule has 0 aliphatic rings. The second kappa shape index (κ2) is 8.62. The summed E-state index contributed by atoms with van der Waals surface area (Å²) in [6, 6.07) is 19.1. The monoisotopic (exact) mass is 398 g/mol. The third kappa shape index (κ3) is 4.04. The van der Waals surface area contributed by atoms with E-state index in [2.05, 4.69) is 50.2 Å². The standard InChI is InChI=1S/C26H26N2O2/c1-3-22-19(8-4-7-11-24(29)30)16-21-25(18-14-12-17(2)13-15-18)20-9-5-6-10-23(20)28-26(21)27-22/h5-6,9-10,12-16H,3-4,7-8,11H2,1-2H3,(H,29,30). The van der Waals surface area contributed by atoms with Crippen LogP contribution < -0.4 is 0 Å². The highest BCUT2D eigenvalue weighted by atomic mass is 16.4. The topological polar surface area (TPSA) is 63.1 Å². The molecular weight excluding hydrogens is 372 g/mol. The molecule has 0 amide bonds. The summed E-state index contributed by atoms with van der Waals surface area (Å²) < 4.78 is 0. The fourth-order valence-electron chi connectivity index (χ4n) is 4.04. The number of hydrogen-bond donors (Lipinski definition) is 1. The van der Waals surface area contributed by atoms with E-state index >= 15 is 0 Å². The molecule has 0 aliphatic heterocycles. The van der Waals surface area contributed by atoms with Crippen LogP contribution in [0.3, 0.4) is 0 Å². The Morgan fingerprint density at radius 1 is 0.967 bits per heavy atom. The number of rotatable bonds is 7. The zero-order chi connectivity index (χ0) is 21.1. The molecular formula is C26H26N2O2. The van der Waals surface area contributed by atoms with Crippen LogP contribution in [0.4, 0.5) is 0 Å². The van der Waals surface area contributed by atoms with Crippen LogP contribution in [0.2, 0.25) is 0 Å². The molecule has 4 nitrogen and oxygen atoms in total. The number of aliphatic carboxylic acids is 1. The lowest BCUT2D eigenvalue weighted by molar-refractivity contribution is -0.137. The van der Waals surface area contributed by atoms with Gasteiger partial charge in [-0.2, -0.15) is 0 Å².